The average Bonchev–Trinajstić information content (AvgIpc) is 2.84. The highest BCUT2D eigenvalue weighted by Crippen LogP contribution is 2.24. The zero-order valence-corrected chi connectivity index (χ0v) is 14.0. The molecule has 0 unspecified atom stereocenters. The first-order valence-corrected chi connectivity index (χ1v) is 7.64. The van der Waals surface area contributed by atoms with Crippen molar-refractivity contribution >= 4 is 11.2 Å². The van der Waals surface area contributed by atoms with Crippen molar-refractivity contribution in [2.24, 2.45) is 12.8 Å². The van der Waals surface area contributed by atoms with E-state index in [1.165, 1.54) is 9.13 Å². The van der Waals surface area contributed by atoms with Crippen LogP contribution in [0.15, 0.2) is 9.59 Å². The Morgan fingerprint density at radius 2 is 1.82 bits per heavy atom. The molecule has 0 spiro atoms. The van der Waals surface area contributed by atoms with Gasteiger partial charge in [-0.25, -0.2) is 9.78 Å². The largest absolute Gasteiger partial charge is 0.332 e. The quantitative estimate of drug-likeness (QED) is 0.894. The van der Waals surface area contributed by atoms with Crippen LogP contribution in [0.2, 0.25) is 0 Å². The van der Waals surface area contributed by atoms with Crippen LogP contribution >= 0.6 is 0 Å². The van der Waals surface area contributed by atoms with Crippen molar-refractivity contribution in [2.75, 3.05) is 6.54 Å². The lowest BCUT2D eigenvalue weighted by atomic mass is 9.96. The molecule has 22 heavy (non-hydrogen) atoms. The monoisotopic (exact) mass is 307 g/mol. The SMILES string of the molecule is CCn1c(C(C)(C)C)nc2c1c(=O)n(CCCN)c(=O)n2C. The van der Waals surface area contributed by atoms with E-state index in [0.29, 0.717) is 37.2 Å². The van der Waals surface area contributed by atoms with Crippen LogP contribution in [0.25, 0.3) is 11.2 Å². The zero-order chi connectivity index (χ0) is 16.7. The van der Waals surface area contributed by atoms with E-state index in [4.69, 9.17) is 5.73 Å². The van der Waals surface area contributed by atoms with Gasteiger partial charge in [0.2, 0.25) is 0 Å². The number of nitrogens with zero attached hydrogens (tertiary/aromatic N) is 4. The molecule has 0 bridgehead atoms. The number of aryl methyl sites for hydroxylation is 2. The predicted molar refractivity (Wildman–Crippen MR) is 87.3 cm³/mol. The molecule has 0 saturated carbocycles. The normalized spacial score (nSPS) is 12.3. The third-order valence-electron chi connectivity index (χ3n) is 3.81. The summed E-state index contributed by atoms with van der Waals surface area (Å²) >= 11 is 0. The van der Waals surface area contributed by atoms with Crippen molar-refractivity contribution < 1.29 is 0 Å². The van der Waals surface area contributed by atoms with Crippen LogP contribution in [0.1, 0.15) is 39.9 Å². The van der Waals surface area contributed by atoms with Crippen molar-refractivity contribution in [2.45, 2.75) is 52.6 Å². The second-order valence-corrected chi connectivity index (χ2v) is 6.54. The van der Waals surface area contributed by atoms with Crippen LogP contribution in [-0.4, -0.2) is 25.2 Å². The highest BCUT2D eigenvalue weighted by Gasteiger charge is 2.26. The molecule has 7 nitrogen and oxygen atoms in total. The van der Waals surface area contributed by atoms with Gasteiger partial charge in [0.25, 0.3) is 5.56 Å². The van der Waals surface area contributed by atoms with E-state index in [0.717, 1.165) is 5.82 Å². The highest BCUT2D eigenvalue weighted by atomic mass is 16.2. The zero-order valence-electron chi connectivity index (χ0n) is 14.0. The maximum atomic E-state index is 12.8. The molecule has 0 aliphatic rings. The predicted octanol–water partition coefficient (Wildman–Crippen LogP) is 0.563. The number of hydrogen-bond donors (Lipinski definition) is 1. The molecule has 0 aromatic carbocycles. The van der Waals surface area contributed by atoms with Crippen LogP contribution in [0.3, 0.4) is 0 Å². The summed E-state index contributed by atoms with van der Waals surface area (Å²) in [6.07, 6.45) is 0.590. The molecule has 0 radical (unpaired) electrons. The highest BCUT2D eigenvalue weighted by molar-refractivity contribution is 5.71. The lowest BCUT2D eigenvalue weighted by molar-refractivity contribution is 0.510. The minimum absolute atomic E-state index is 0.209. The van der Waals surface area contributed by atoms with Gasteiger partial charge < -0.3 is 10.3 Å². The molecule has 0 saturated heterocycles. The van der Waals surface area contributed by atoms with E-state index < -0.39 is 0 Å². The van der Waals surface area contributed by atoms with Gasteiger partial charge >= 0.3 is 5.69 Å². The number of imidazole rings is 1. The summed E-state index contributed by atoms with van der Waals surface area (Å²) in [5.74, 6) is 0.814. The summed E-state index contributed by atoms with van der Waals surface area (Å²) in [5, 5.41) is 0. The van der Waals surface area contributed by atoms with Crippen molar-refractivity contribution in [1.82, 2.24) is 18.7 Å². The van der Waals surface area contributed by atoms with Crippen molar-refractivity contribution in [3.63, 3.8) is 0 Å². The van der Waals surface area contributed by atoms with Gasteiger partial charge in [0.1, 0.15) is 5.82 Å². The fourth-order valence-corrected chi connectivity index (χ4v) is 2.70. The van der Waals surface area contributed by atoms with Gasteiger partial charge in [0.05, 0.1) is 0 Å². The molecule has 122 valence electrons. The van der Waals surface area contributed by atoms with E-state index in [1.807, 2.05) is 32.3 Å². The van der Waals surface area contributed by atoms with Crippen molar-refractivity contribution in [1.29, 1.82) is 0 Å². The topological polar surface area (TPSA) is 87.8 Å². The molecule has 0 amide bonds. The lowest BCUT2D eigenvalue weighted by Crippen LogP contribution is -2.40. The van der Waals surface area contributed by atoms with Crippen LogP contribution in [-0.2, 0) is 25.6 Å². The Kier molecular flexibility index (Phi) is 4.28. The van der Waals surface area contributed by atoms with E-state index in [1.54, 1.807) is 7.05 Å². The first kappa shape index (κ1) is 16.5. The standard InChI is InChI=1S/C15H25N5O2/c1-6-19-10-11(17-13(19)15(2,3)4)18(5)14(22)20(12(10)21)9-7-8-16/h6-9,16H2,1-5H3. The molecule has 2 heterocycles. The number of nitrogens with two attached hydrogens (primary N) is 1. The molecule has 7 heteroatoms. The average molecular weight is 307 g/mol. The van der Waals surface area contributed by atoms with Gasteiger partial charge in [-0.05, 0) is 19.9 Å². The van der Waals surface area contributed by atoms with Crippen LogP contribution in [0.4, 0.5) is 0 Å². The van der Waals surface area contributed by atoms with Crippen LogP contribution in [0, 0.1) is 0 Å². The lowest BCUT2D eigenvalue weighted by Gasteiger charge is -2.18. The molecule has 2 rings (SSSR count). The molecule has 2 aromatic rings. The van der Waals surface area contributed by atoms with E-state index in [-0.39, 0.29) is 16.7 Å². The summed E-state index contributed by atoms with van der Waals surface area (Å²) in [6, 6.07) is 0. The molecule has 0 fully saturated rings. The second-order valence-electron chi connectivity index (χ2n) is 6.54. The van der Waals surface area contributed by atoms with Crippen molar-refractivity contribution in [3.8, 4) is 0 Å². The summed E-state index contributed by atoms with van der Waals surface area (Å²) < 4.78 is 4.63. The molecule has 2 aromatic heterocycles. The maximum absolute atomic E-state index is 12.8. The van der Waals surface area contributed by atoms with Crippen LogP contribution < -0.4 is 17.0 Å². The van der Waals surface area contributed by atoms with Gasteiger partial charge in [0, 0.05) is 25.6 Å². The molecular weight excluding hydrogens is 282 g/mol. The van der Waals surface area contributed by atoms with Gasteiger partial charge in [-0.1, -0.05) is 20.8 Å². The Morgan fingerprint density at radius 3 is 2.32 bits per heavy atom. The minimum Gasteiger partial charge on any atom is -0.330 e. The maximum Gasteiger partial charge on any atom is 0.332 e. The van der Waals surface area contributed by atoms with E-state index in [2.05, 4.69) is 4.98 Å². The van der Waals surface area contributed by atoms with Crippen molar-refractivity contribution in [3.05, 3.63) is 26.7 Å². The minimum atomic E-state index is -0.341. The van der Waals surface area contributed by atoms with Gasteiger partial charge in [-0.2, -0.15) is 0 Å². The first-order valence-electron chi connectivity index (χ1n) is 7.64. The Labute approximate surface area is 129 Å². The molecule has 0 aliphatic carbocycles. The third-order valence-corrected chi connectivity index (χ3v) is 3.81. The Morgan fingerprint density at radius 1 is 1.18 bits per heavy atom. The van der Waals surface area contributed by atoms with E-state index in [9.17, 15) is 9.59 Å². The summed E-state index contributed by atoms with van der Waals surface area (Å²) in [5.41, 5.74) is 5.61. The second kappa shape index (κ2) is 5.72. The van der Waals surface area contributed by atoms with Gasteiger partial charge in [-0.15, -0.1) is 0 Å². The third kappa shape index (κ3) is 2.49. The molecule has 0 aliphatic heterocycles. The summed E-state index contributed by atoms with van der Waals surface area (Å²) in [6.45, 7) is 9.52. The first-order chi connectivity index (χ1) is 10.2. The number of hydrogen-bond acceptors (Lipinski definition) is 4. The number of fused-ring (bicyclic) bond motifs is 1. The summed E-state index contributed by atoms with van der Waals surface area (Å²) in [7, 11) is 1.66. The Hall–Kier alpha value is -1.89. The molecular formula is C15H25N5O2. The Balaban J connectivity index is 2.91. The van der Waals surface area contributed by atoms with Crippen LogP contribution in [0.5, 0.6) is 0 Å². The fourth-order valence-electron chi connectivity index (χ4n) is 2.70. The molecule has 2 N–H and O–H groups in total. The summed E-state index contributed by atoms with van der Waals surface area (Å²) in [4.78, 5) is 29.8. The number of aromatic nitrogens is 4. The van der Waals surface area contributed by atoms with E-state index >= 15 is 0 Å². The fraction of sp³-hybridized carbons (Fsp3) is 0.667. The van der Waals surface area contributed by atoms with Gasteiger partial charge in [-0.3, -0.25) is 13.9 Å². The Bertz CT molecular complexity index is 804. The molecule has 0 atom stereocenters. The number of rotatable bonds is 4. The van der Waals surface area contributed by atoms with Gasteiger partial charge in [0.15, 0.2) is 11.2 Å². The smallest absolute Gasteiger partial charge is 0.330 e.